The number of benzene rings is 1. The Balaban J connectivity index is 1.78. The van der Waals surface area contributed by atoms with Crippen LogP contribution in [0.4, 0.5) is 0 Å². The molecule has 0 radical (unpaired) electrons. The average molecular weight is 214 g/mol. The molecular weight excluding hydrogens is 196 g/mol. The molecule has 0 fully saturated rings. The summed E-state index contributed by atoms with van der Waals surface area (Å²) in [6.45, 7) is 4.19. The molecule has 2 heteroatoms. The lowest BCUT2D eigenvalue weighted by atomic mass is 10.0. The minimum atomic E-state index is 0.556. The highest BCUT2D eigenvalue weighted by atomic mass is 14.9. The standard InChI is InChI=1S/C14H18N2/c1-12(14-5-3-2-4-6-14)9-16-11-13-7-8-15-10-13/h2-8,10,12,15-16H,9,11H2,1H3. The molecule has 0 saturated carbocycles. The predicted octanol–water partition coefficient (Wildman–Crippen LogP) is 2.91. The lowest BCUT2D eigenvalue weighted by molar-refractivity contribution is 0.615. The zero-order valence-corrected chi connectivity index (χ0v) is 9.61. The maximum Gasteiger partial charge on any atom is 0.0220 e. The summed E-state index contributed by atoms with van der Waals surface area (Å²) >= 11 is 0. The van der Waals surface area contributed by atoms with E-state index in [2.05, 4.69) is 53.6 Å². The van der Waals surface area contributed by atoms with Gasteiger partial charge in [0, 0.05) is 25.5 Å². The molecule has 1 aromatic heterocycles. The third-order valence-corrected chi connectivity index (χ3v) is 2.81. The second-order valence-electron chi connectivity index (χ2n) is 4.16. The van der Waals surface area contributed by atoms with Gasteiger partial charge in [-0.05, 0) is 23.1 Å². The van der Waals surface area contributed by atoms with Gasteiger partial charge in [-0.3, -0.25) is 0 Å². The van der Waals surface area contributed by atoms with E-state index in [0.717, 1.165) is 13.1 Å². The van der Waals surface area contributed by atoms with E-state index >= 15 is 0 Å². The maximum atomic E-state index is 3.47. The van der Waals surface area contributed by atoms with Crippen LogP contribution in [0.5, 0.6) is 0 Å². The molecule has 0 aliphatic carbocycles. The van der Waals surface area contributed by atoms with Gasteiger partial charge in [-0.15, -0.1) is 0 Å². The van der Waals surface area contributed by atoms with Crippen LogP contribution in [0.3, 0.4) is 0 Å². The number of aromatic amines is 1. The first-order chi connectivity index (χ1) is 7.86. The van der Waals surface area contributed by atoms with Crippen LogP contribution in [0.1, 0.15) is 24.0 Å². The summed E-state index contributed by atoms with van der Waals surface area (Å²) in [7, 11) is 0. The largest absolute Gasteiger partial charge is 0.367 e. The molecule has 0 aliphatic rings. The lowest BCUT2D eigenvalue weighted by Gasteiger charge is -2.12. The van der Waals surface area contributed by atoms with E-state index in [9.17, 15) is 0 Å². The zero-order chi connectivity index (χ0) is 11.2. The van der Waals surface area contributed by atoms with Crippen LogP contribution in [-0.4, -0.2) is 11.5 Å². The molecule has 0 bridgehead atoms. The van der Waals surface area contributed by atoms with E-state index in [0.29, 0.717) is 5.92 Å². The molecule has 2 nitrogen and oxygen atoms in total. The number of rotatable bonds is 5. The Kier molecular flexibility index (Phi) is 3.78. The molecular formula is C14H18N2. The number of H-pyrrole nitrogens is 1. The van der Waals surface area contributed by atoms with Crippen molar-refractivity contribution >= 4 is 0 Å². The third kappa shape index (κ3) is 2.97. The van der Waals surface area contributed by atoms with Crippen molar-refractivity contribution in [3.8, 4) is 0 Å². The van der Waals surface area contributed by atoms with Gasteiger partial charge in [0.05, 0.1) is 0 Å². The highest BCUT2D eigenvalue weighted by Gasteiger charge is 2.03. The van der Waals surface area contributed by atoms with Gasteiger partial charge < -0.3 is 10.3 Å². The first kappa shape index (κ1) is 11.0. The van der Waals surface area contributed by atoms with Crippen molar-refractivity contribution in [1.82, 2.24) is 10.3 Å². The van der Waals surface area contributed by atoms with Crippen LogP contribution in [0.15, 0.2) is 48.8 Å². The Bertz CT molecular complexity index is 392. The van der Waals surface area contributed by atoms with E-state index in [1.807, 2.05) is 12.4 Å². The Labute approximate surface area is 96.7 Å². The molecule has 2 rings (SSSR count). The molecule has 0 aliphatic heterocycles. The van der Waals surface area contributed by atoms with Gasteiger partial charge in [0.15, 0.2) is 0 Å². The molecule has 0 saturated heterocycles. The first-order valence-electron chi connectivity index (χ1n) is 5.73. The number of nitrogens with one attached hydrogen (secondary N) is 2. The molecule has 2 aromatic rings. The van der Waals surface area contributed by atoms with Gasteiger partial charge in [-0.1, -0.05) is 37.3 Å². The van der Waals surface area contributed by atoms with Gasteiger partial charge in [-0.2, -0.15) is 0 Å². The highest BCUT2D eigenvalue weighted by molar-refractivity contribution is 5.19. The topological polar surface area (TPSA) is 27.8 Å². The van der Waals surface area contributed by atoms with Gasteiger partial charge in [0.1, 0.15) is 0 Å². The molecule has 2 N–H and O–H groups in total. The van der Waals surface area contributed by atoms with E-state index in [1.165, 1.54) is 11.1 Å². The fourth-order valence-corrected chi connectivity index (χ4v) is 1.80. The van der Waals surface area contributed by atoms with Crippen LogP contribution in [0.2, 0.25) is 0 Å². The van der Waals surface area contributed by atoms with Gasteiger partial charge in [-0.25, -0.2) is 0 Å². The van der Waals surface area contributed by atoms with Crippen molar-refractivity contribution in [3.63, 3.8) is 0 Å². The molecule has 1 unspecified atom stereocenters. The number of hydrogen-bond acceptors (Lipinski definition) is 1. The van der Waals surface area contributed by atoms with Crippen LogP contribution in [0.25, 0.3) is 0 Å². The summed E-state index contributed by atoms with van der Waals surface area (Å²) in [5.41, 5.74) is 2.70. The zero-order valence-electron chi connectivity index (χ0n) is 9.61. The quantitative estimate of drug-likeness (QED) is 0.787. The van der Waals surface area contributed by atoms with Crippen molar-refractivity contribution in [2.24, 2.45) is 0 Å². The molecule has 16 heavy (non-hydrogen) atoms. The van der Waals surface area contributed by atoms with Gasteiger partial charge in [0.25, 0.3) is 0 Å². The summed E-state index contributed by atoms with van der Waals surface area (Å²) in [4.78, 5) is 3.06. The van der Waals surface area contributed by atoms with Crippen molar-refractivity contribution in [2.75, 3.05) is 6.54 Å². The van der Waals surface area contributed by atoms with Crippen molar-refractivity contribution < 1.29 is 0 Å². The first-order valence-corrected chi connectivity index (χ1v) is 5.73. The minimum Gasteiger partial charge on any atom is -0.367 e. The fourth-order valence-electron chi connectivity index (χ4n) is 1.80. The second kappa shape index (κ2) is 5.52. The Morgan fingerprint density at radius 1 is 1.19 bits per heavy atom. The minimum absolute atomic E-state index is 0.556. The molecule has 1 aromatic carbocycles. The Morgan fingerprint density at radius 2 is 2.00 bits per heavy atom. The molecule has 84 valence electrons. The van der Waals surface area contributed by atoms with Gasteiger partial charge in [0.2, 0.25) is 0 Å². The molecule has 0 amide bonds. The number of hydrogen-bond donors (Lipinski definition) is 2. The summed E-state index contributed by atoms with van der Waals surface area (Å²) < 4.78 is 0. The van der Waals surface area contributed by atoms with E-state index in [1.54, 1.807) is 0 Å². The van der Waals surface area contributed by atoms with Crippen LogP contribution in [0, 0.1) is 0 Å². The highest BCUT2D eigenvalue weighted by Crippen LogP contribution is 2.13. The van der Waals surface area contributed by atoms with E-state index in [-0.39, 0.29) is 0 Å². The van der Waals surface area contributed by atoms with E-state index in [4.69, 9.17) is 0 Å². The van der Waals surface area contributed by atoms with Crippen molar-refractivity contribution in [1.29, 1.82) is 0 Å². The summed E-state index contributed by atoms with van der Waals surface area (Å²) in [5.74, 6) is 0.556. The normalized spacial score (nSPS) is 12.6. The van der Waals surface area contributed by atoms with Crippen LogP contribution < -0.4 is 5.32 Å². The Hall–Kier alpha value is -1.54. The maximum absolute atomic E-state index is 3.47. The smallest absolute Gasteiger partial charge is 0.0220 e. The lowest BCUT2D eigenvalue weighted by Crippen LogP contribution is -2.19. The van der Waals surface area contributed by atoms with Crippen LogP contribution >= 0.6 is 0 Å². The predicted molar refractivity (Wildman–Crippen MR) is 67.4 cm³/mol. The fraction of sp³-hybridized carbons (Fsp3) is 0.286. The number of aromatic nitrogens is 1. The third-order valence-electron chi connectivity index (χ3n) is 2.81. The van der Waals surface area contributed by atoms with Gasteiger partial charge >= 0.3 is 0 Å². The summed E-state index contributed by atoms with van der Waals surface area (Å²) in [6, 6.07) is 12.7. The van der Waals surface area contributed by atoms with Crippen LogP contribution in [-0.2, 0) is 6.54 Å². The monoisotopic (exact) mass is 214 g/mol. The Morgan fingerprint density at radius 3 is 2.69 bits per heavy atom. The van der Waals surface area contributed by atoms with E-state index < -0.39 is 0 Å². The molecule has 1 heterocycles. The SMILES string of the molecule is CC(CNCc1cc[nH]c1)c1ccccc1. The summed E-state index contributed by atoms with van der Waals surface area (Å²) in [5, 5.41) is 3.47. The molecule has 0 spiro atoms. The van der Waals surface area contributed by atoms with Crippen molar-refractivity contribution in [2.45, 2.75) is 19.4 Å². The van der Waals surface area contributed by atoms with Crippen molar-refractivity contribution in [3.05, 3.63) is 59.9 Å². The molecule has 1 atom stereocenters. The summed E-state index contributed by atoms with van der Waals surface area (Å²) in [6.07, 6.45) is 3.98. The average Bonchev–Trinajstić information content (AvgIpc) is 2.83. The second-order valence-corrected chi connectivity index (χ2v) is 4.16.